The highest BCUT2D eigenvalue weighted by molar-refractivity contribution is 5.08. The Bertz CT molecular complexity index is 221. The summed E-state index contributed by atoms with van der Waals surface area (Å²) in [5.41, 5.74) is 0. The number of rotatable bonds is 1. The molecular weight excluding hydrogens is 159 g/mol. The smallest absolute Gasteiger partial charge is 0.388 e. The van der Waals surface area contributed by atoms with Crippen LogP contribution in [-0.2, 0) is 0 Å². The van der Waals surface area contributed by atoms with Crippen LogP contribution in [0.25, 0.3) is 0 Å². The monoisotopic (exact) mass is 162 g/mol. The average molecular weight is 162 g/mol. The van der Waals surface area contributed by atoms with Gasteiger partial charge in [0.1, 0.15) is 0 Å². The minimum absolute atomic E-state index is 0.476. The molecule has 59 valence electrons. The van der Waals surface area contributed by atoms with E-state index in [1.54, 1.807) is 0 Å². The molecule has 2 nitrogen and oxygen atoms in total. The van der Waals surface area contributed by atoms with E-state index >= 15 is 0 Å². The molecule has 0 saturated heterocycles. The van der Waals surface area contributed by atoms with Gasteiger partial charge in [0.15, 0.2) is 0 Å². The lowest BCUT2D eigenvalue weighted by molar-refractivity contribution is -0.276. The second-order valence-corrected chi connectivity index (χ2v) is 1.64. The molecule has 1 heterocycles. The number of ether oxygens (including phenoxy) is 1. The highest BCUT2D eigenvalue weighted by atomic mass is 19.4. The van der Waals surface area contributed by atoms with Gasteiger partial charge in [-0.15, -0.1) is 13.2 Å². The Morgan fingerprint density at radius 1 is 1.45 bits per heavy atom. The Labute approximate surface area is 60.6 Å². The summed E-state index contributed by atoms with van der Waals surface area (Å²) in [5.74, 6) is -0.476. The minimum Gasteiger partial charge on any atom is -0.388 e. The van der Waals surface area contributed by atoms with Crippen molar-refractivity contribution in [2.24, 2.45) is 0 Å². The lowest BCUT2D eigenvalue weighted by atomic mass is 10.5. The van der Waals surface area contributed by atoms with Crippen LogP contribution in [0.5, 0.6) is 5.88 Å². The van der Waals surface area contributed by atoms with E-state index in [0.717, 1.165) is 12.3 Å². The zero-order chi connectivity index (χ0) is 8.32. The van der Waals surface area contributed by atoms with Gasteiger partial charge in [-0.1, -0.05) is 0 Å². The fraction of sp³-hybridized carbons (Fsp3) is 0.167. The Kier molecular flexibility index (Phi) is 1.98. The third kappa shape index (κ3) is 2.88. The van der Waals surface area contributed by atoms with E-state index in [2.05, 4.69) is 15.8 Å². The van der Waals surface area contributed by atoms with Gasteiger partial charge in [-0.3, -0.25) is 0 Å². The van der Waals surface area contributed by atoms with Gasteiger partial charge in [0.05, 0.1) is 0 Å². The highest BCUT2D eigenvalue weighted by Crippen LogP contribution is 2.19. The van der Waals surface area contributed by atoms with Gasteiger partial charge < -0.3 is 4.74 Å². The largest absolute Gasteiger partial charge is 0.574 e. The molecule has 5 heteroatoms. The van der Waals surface area contributed by atoms with Crippen molar-refractivity contribution in [3.63, 3.8) is 0 Å². The Morgan fingerprint density at radius 3 is 2.64 bits per heavy atom. The maximum absolute atomic E-state index is 11.5. The molecule has 0 bridgehead atoms. The fourth-order valence-electron chi connectivity index (χ4n) is 0.485. The molecule has 1 aromatic heterocycles. The lowest BCUT2D eigenvalue weighted by Crippen LogP contribution is -2.17. The van der Waals surface area contributed by atoms with E-state index in [-0.39, 0.29) is 0 Å². The van der Waals surface area contributed by atoms with Gasteiger partial charge in [-0.05, 0) is 6.07 Å². The fourth-order valence-corrected chi connectivity index (χ4v) is 0.485. The zero-order valence-corrected chi connectivity index (χ0v) is 5.22. The molecule has 0 fully saturated rings. The van der Waals surface area contributed by atoms with E-state index in [9.17, 15) is 13.2 Å². The third-order valence-electron chi connectivity index (χ3n) is 0.809. The van der Waals surface area contributed by atoms with Crippen LogP contribution in [0.15, 0.2) is 18.3 Å². The minimum atomic E-state index is -4.67. The molecule has 0 N–H and O–H groups in total. The average Bonchev–Trinajstić information content (AvgIpc) is 1.85. The van der Waals surface area contributed by atoms with Crippen molar-refractivity contribution in [3.05, 3.63) is 24.4 Å². The van der Waals surface area contributed by atoms with Crippen LogP contribution < -0.4 is 4.74 Å². The standard InChI is InChI=1S/C6H3F3NO/c7-6(8,9)11-5-3-1-2-4-10-5/h1,3-4H. The van der Waals surface area contributed by atoms with Gasteiger partial charge >= 0.3 is 6.36 Å². The summed E-state index contributed by atoms with van der Waals surface area (Å²) in [6.07, 6.45) is -3.57. The molecule has 0 aromatic carbocycles. The van der Waals surface area contributed by atoms with Gasteiger partial charge in [-0.25, -0.2) is 4.98 Å². The molecule has 0 aliphatic carbocycles. The molecule has 0 unspecified atom stereocenters. The number of halogens is 3. The molecule has 0 spiro atoms. The first-order valence-electron chi connectivity index (χ1n) is 2.66. The lowest BCUT2D eigenvalue weighted by Gasteiger charge is -2.05. The van der Waals surface area contributed by atoms with Crippen molar-refractivity contribution >= 4 is 0 Å². The molecular formula is C6H3F3NO. The van der Waals surface area contributed by atoms with Gasteiger partial charge in [0.25, 0.3) is 0 Å². The summed E-state index contributed by atoms with van der Waals surface area (Å²) in [6, 6.07) is 4.82. The maximum Gasteiger partial charge on any atom is 0.574 e. The third-order valence-corrected chi connectivity index (χ3v) is 0.809. The van der Waals surface area contributed by atoms with E-state index in [1.165, 1.54) is 6.07 Å². The zero-order valence-electron chi connectivity index (χ0n) is 5.22. The Balaban J connectivity index is 2.66. The highest BCUT2D eigenvalue weighted by Gasteiger charge is 2.31. The molecule has 1 rings (SSSR count). The van der Waals surface area contributed by atoms with E-state index < -0.39 is 12.2 Å². The van der Waals surface area contributed by atoms with Crippen molar-refractivity contribution in [2.75, 3.05) is 0 Å². The summed E-state index contributed by atoms with van der Waals surface area (Å²) >= 11 is 0. The van der Waals surface area contributed by atoms with Gasteiger partial charge in [-0.2, -0.15) is 0 Å². The molecule has 0 atom stereocenters. The second kappa shape index (κ2) is 2.77. The first-order chi connectivity index (χ1) is 5.08. The summed E-state index contributed by atoms with van der Waals surface area (Å²) in [4.78, 5) is 3.27. The van der Waals surface area contributed by atoms with Crippen LogP contribution in [-0.4, -0.2) is 11.3 Å². The normalized spacial score (nSPS) is 11.2. The van der Waals surface area contributed by atoms with E-state index in [1.807, 2.05) is 0 Å². The number of hydrogen-bond acceptors (Lipinski definition) is 2. The molecule has 11 heavy (non-hydrogen) atoms. The van der Waals surface area contributed by atoms with Crippen molar-refractivity contribution < 1.29 is 17.9 Å². The summed E-state index contributed by atoms with van der Waals surface area (Å²) in [5, 5.41) is 0. The predicted molar refractivity (Wildman–Crippen MR) is 29.8 cm³/mol. The van der Waals surface area contributed by atoms with Crippen LogP contribution in [0.1, 0.15) is 0 Å². The molecule has 1 aromatic rings. The summed E-state index contributed by atoms with van der Waals surface area (Å²) in [7, 11) is 0. The van der Waals surface area contributed by atoms with Gasteiger partial charge in [0, 0.05) is 18.3 Å². The number of nitrogens with zero attached hydrogens (tertiary/aromatic N) is 1. The second-order valence-electron chi connectivity index (χ2n) is 1.64. The van der Waals surface area contributed by atoms with Crippen molar-refractivity contribution in [1.29, 1.82) is 0 Å². The van der Waals surface area contributed by atoms with Crippen molar-refractivity contribution in [3.8, 4) is 5.88 Å². The SMILES string of the molecule is FC(F)(F)Oc1cc[c]cn1. The van der Waals surface area contributed by atoms with E-state index in [4.69, 9.17) is 0 Å². The molecule has 1 radical (unpaired) electrons. The Hall–Kier alpha value is -1.26. The Morgan fingerprint density at radius 2 is 2.18 bits per heavy atom. The predicted octanol–water partition coefficient (Wildman–Crippen LogP) is 1.78. The maximum atomic E-state index is 11.5. The molecule has 0 aliphatic heterocycles. The first-order valence-corrected chi connectivity index (χ1v) is 2.66. The van der Waals surface area contributed by atoms with Crippen LogP contribution in [0.3, 0.4) is 0 Å². The van der Waals surface area contributed by atoms with E-state index in [0.29, 0.717) is 0 Å². The van der Waals surface area contributed by atoms with Gasteiger partial charge in [0.2, 0.25) is 5.88 Å². The first kappa shape index (κ1) is 7.84. The van der Waals surface area contributed by atoms with Crippen molar-refractivity contribution in [1.82, 2.24) is 4.98 Å². The number of pyridine rings is 1. The molecule has 0 saturated carbocycles. The van der Waals surface area contributed by atoms with Crippen LogP contribution >= 0.6 is 0 Å². The summed E-state index contributed by atoms with van der Waals surface area (Å²) in [6.45, 7) is 0. The van der Waals surface area contributed by atoms with Crippen LogP contribution in [0, 0.1) is 6.07 Å². The number of aromatic nitrogens is 1. The quantitative estimate of drug-likeness (QED) is 0.627. The number of alkyl halides is 3. The molecule has 0 aliphatic rings. The van der Waals surface area contributed by atoms with Crippen molar-refractivity contribution in [2.45, 2.75) is 6.36 Å². The van der Waals surface area contributed by atoms with Crippen LogP contribution in [0.4, 0.5) is 13.2 Å². The van der Waals surface area contributed by atoms with Crippen LogP contribution in [0.2, 0.25) is 0 Å². The number of hydrogen-bond donors (Lipinski definition) is 0. The summed E-state index contributed by atoms with van der Waals surface area (Å²) < 4.78 is 37.9. The molecule has 0 amide bonds. The topological polar surface area (TPSA) is 22.1 Å².